The number of halogens is 2. The molecule has 0 atom stereocenters. The molecule has 168 valence electrons. The number of hydrogen-bond donors (Lipinski definition) is 0. The summed E-state index contributed by atoms with van der Waals surface area (Å²) in [5.41, 5.74) is 6.41. The standard InChI is InChI=1S/2C11H23P.2ClH.Pd/c2*1-9(2)7-8-12(10(3)4)11(5)6;;;/h2*7,10-11H,8H2,1-6H3;2*1H;/q;;;;+2/p-2. The fourth-order valence-corrected chi connectivity index (χ4v) is 7.84. The van der Waals surface area contributed by atoms with Crippen LogP contribution in [-0.2, 0) is 20.4 Å². The van der Waals surface area contributed by atoms with Crippen molar-refractivity contribution in [2.75, 3.05) is 12.3 Å². The van der Waals surface area contributed by atoms with Gasteiger partial charge in [-0.2, -0.15) is 0 Å². The van der Waals surface area contributed by atoms with Gasteiger partial charge >= 0.3 is 20.4 Å². The first-order valence-corrected chi connectivity index (χ1v) is 13.0. The molecule has 0 aliphatic rings. The van der Waals surface area contributed by atoms with Crippen LogP contribution in [-0.4, -0.2) is 35.0 Å². The Balaban J connectivity index is -0.000000108. The third-order valence-corrected chi connectivity index (χ3v) is 10.6. The molecule has 0 aromatic rings. The Kier molecular flexibility index (Phi) is 32.3. The summed E-state index contributed by atoms with van der Waals surface area (Å²) in [7, 11) is 0.425. The molecule has 27 heavy (non-hydrogen) atoms. The summed E-state index contributed by atoms with van der Waals surface area (Å²) in [6.45, 7) is 27.6. The van der Waals surface area contributed by atoms with Crippen LogP contribution in [0.4, 0.5) is 0 Å². The Morgan fingerprint density at radius 3 is 0.852 bits per heavy atom. The molecular formula is C22H46Cl2P2Pd. The molecule has 0 saturated heterocycles. The van der Waals surface area contributed by atoms with Crippen LogP contribution in [0.25, 0.3) is 0 Å². The van der Waals surface area contributed by atoms with Crippen LogP contribution >= 0.6 is 15.8 Å². The molecule has 0 saturated carbocycles. The van der Waals surface area contributed by atoms with Gasteiger partial charge in [-0.3, -0.25) is 0 Å². The smallest absolute Gasteiger partial charge is 1.00 e. The van der Waals surface area contributed by atoms with Gasteiger partial charge in [0.2, 0.25) is 0 Å². The summed E-state index contributed by atoms with van der Waals surface area (Å²) in [5.74, 6) is 0. The van der Waals surface area contributed by atoms with Crippen LogP contribution in [0, 0.1) is 0 Å². The first-order valence-electron chi connectivity index (χ1n) is 9.68. The normalized spacial score (nSPS) is 10.1. The second-order valence-corrected chi connectivity index (χ2v) is 15.2. The zero-order chi connectivity index (χ0) is 19.4. The van der Waals surface area contributed by atoms with Gasteiger partial charge in [0.1, 0.15) is 0 Å². The molecule has 0 amide bonds. The maximum atomic E-state index is 2.39. The quantitative estimate of drug-likeness (QED) is 0.248. The molecule has 0 aromatic heterocycles. The van der Waals surface area contributed by atoms with Crippen molar-refractivity contribution < 1.29 is 45.2 Å². The van der Waals surface area contributed by atoms with E-state index in [2.05, 4.69) is 95.2 Å². The van der Waals surface area contributed by atoms with E-state index in [4.69, 9.17) is 0 Å². The molecule has 0 unspecified atom stereocenters. The van der Waals surface area contributed by atoms with Crippen LogP contribution < -0.4 is 24.8 Å². The molecule has 0 spiro atoms. The van der Waals surface area contributed by atoms with E-state index >= 15 is 0 Å². The summed E-state index contributed by atoms with van der Waals surface area (Å²) in [6.07, 6.45) is 7.41. The molecular weight excluding hydrogens is 504 g/mol. The molecule has 0 heterocycles. The third kappa shape index (κ3) is 23.7. The molecule has 0 N–H and O–H groups in total. The largest absolute Gasteiger partial charge is 2.00 e. The molecule has 5 heteroatoms. The van der Waals surface area contributed by atoms with E-state index < -0.39 is 0 Å². The topological polar surface area (TPSA) is 0 Å². The van der Waals surface area contributed by atoms with Crippen molar-refractivity contribution in [1.29, 1.82) is 0 Å². The van der Waals surface area contributed by atoms with Crippen molar-refractivity contribution in [3.8, 4) is 0 Å². The second kappa shape index (κ2) is 22.3. The van der Waals surface area contributed by atoms with E-state index in [0.717, 1.165) is 22.6 Å². The van der Waals surface area contributed by atoms with Crippen molar-refractivity contribution >= 4 is 15.8 Å². The van der Waals surface area contributed by atoms with E-state index in [1.54, 1.807) is 0 Å². The Morgan fingerprint density at radius 1 is 0.556 bits per heavy atom. The molecule has 0 fully saturated rings. The average Bonchev–Trinajstić information content (AvgIpc) is 2.37. The Hall–Kier alpha value is 1.58. The van der Waals surface area contributed by atoms with Gasteiger partial charge in [0.15, 0.2) is 0 Å². The van der Waals surface area contributed by atoms with Crippen molar-refractivity contribution in [2.24, 2.45) is 0 Å². The summed E-state index contributed by atoms with van der Waals surface area (Å²) < 4.78 is 0. The SMILES string of the molecule is CC(C)=CCP(C(C)C)C(C)C.CC(C)=CCP(C(C)C)C(C)C.[Cl-].[Cl-].[Pd+2]. The van der Waals surface area contributed by atoms with Crippen LogP contribution in [0.2, 0.25) is 0 Å². The summed E-state index contributed by atoms with van der Waals surface area (Å²) in [6, 6.07) is 0. The van der Waals surface area contributed by atoms with Crippen molar-refractivity contribution in [3.63, 3.8) is 0 Å². The van der Waals surface area contributed by atoms with Gasteiger partial charge in [-0.25, -0.2) is 0 Å². The number of rotatable bonds is 8. The van der Waals surface area contributed by atoms with Crippen LogP contribution in [0.1, 0.15) is 83.1 Å². The molecule has 0 rings (SSSR count). The average molecular weight is 550 g/mol. The predicted molar refractivity (Wildman–Crippen MR) is 123 cm³/mol. The molecule has 0 bridgehead atoms. The summed E-state index contributed by atoms with van der Waals surface area (Å²) in [4.78, 5) is 0. The van der Waals surface area contributed by atoms with Gasteiger partial charge in [0.25, 0.3) is 0 Å². The molecule has 0 aromatic carbocycles. The third-order valence-electron chi connectivity index (χ3n) is 4.07. The minimum atomic E-state index is 0. The van der Waals surface area contributed by atoms with Gasteiger partial charge in [0, 0.05) is 0 Å². The first-order chi connectivity index (χ1) is 10.9. The van der Waals surface area contributed by atoms with Crippen molar-refractivity contribution in [1.82, 2.24) is 0 Å². The number of allylic oxidation sites excluding steroid dienone is 4. The summed E-state index contributed by atoms with van der Waals surface area (Å²) >= 11 is 0. The van der Waals surface area contributed by atoms with Gasteiger partial charge in [-0.15, -0.1) is 0 Å². The fraction of sp³-hybridized carbons (Fsp3) is 0.818. The van der Waals surface area contributed by atoms with Gasteiger partial charge in [0.05, 0.1) is 0 Å². The van der Waals surface area contributed by atoms with Gasteiger partial charge in [-0.05, 0) is 62.7 Å². The van der Waals surface area contributed by atoms with Crippen LogP contribution in [0.3, 0.4) is 0 Å². The first kappa shape index (κ1) is 39.1. The van der Waals surface area contributed by atoms with Crippen LogP contribution in [0.5, 0.6) is 0 Å². The van der Waals surface area contributed by atoms with Gasteiger partial charge < -0.3 is 24.8 Å². The predicted octanol–water partition coefficient (Wildman–Crippen LogP) is 2.51. The maximum absolute atomic E-state index is 2.39. The fourth-order valence-electron chi connectivity index (χ4n) is 2.61. The van der Waals surface area contributed by atoms with E-state index in [0.29, 0.717) is 0 Å². The Bertz CT molecular complexity index is 319. The van der Waals surface area contributed by atoms with Crippen molar-refractivity contribution in [3.05, 3.63) is 23.3 Å². The minimum Gasteiger partial charge on any atom is -1.00 e. The monoisotopic (exact) mass is 548 g/mol. The van der Waals surface area contributed by atoms with Crippen molar-refractivity contribution in [2.45, 2.75) is 106 Å². The second-order valence-electron chi connectivity index (χ2n) is 8.33. The van der Waals surface area contributed by atoms with Gasteiger partial charge in [-0.1, -0.05) is 94.5 Å². The van der Waals surface area contributed by atoms with E-state index in [1.807, 2.05) is 0 Å². The molecule has 0 radical (unpaired) electrons. The number of hydrogen-bond acceptors (Lipinski definition) is 0. The maximum Gasteiger partial charge on any atom is 2.00 e. The minimum absolute atomic E-state index is 0. The zero-order valence-electron chi connectivity index (χ0n) is 19.8. The summed E-state index contributed by atoms with van der Waals surface area (Å²) in [5, 5.41) is 0. The van der Waals surface area contributed by atoms with E-state index in [1.165, 1.54) is 23.5 Å². The molecule has 0 aliphatic carbocycles. The molecule has 0 aliphatic heterocycles. The Labute approximate surface area is 201 Å². The molecule has 0 nitrogen and oxygen atoms in total. The van der Waals surface area contributed by atoms with Crippen LogP contribution in [0.15, 0.2) is 23.3 Å². The van der Waals surface area contributed by atoms with E-state index in [9.17, 15) is 0 Å². The Morgan fingerprint density at radius 2 is 0.741 bits per heavy atom. The van der Waals surface area contributed by atoms with E-state index in [-0.39, 0.29) is 61.1 Å². The zero-order valence-corrected chi connectivity index (χ0v) is 24.7.